The molecule has 4 nitrogen and oxygen atoms in total. The predicted octanol–water partition coefficient (Wildman–Crippen LogP) is 3.74. The average molecular weight is 326 g/mol. The summed E-state index contributed by atoms with van der Waals surface area (Å²) in [6.45, 7) is 6.29. The first-order valence-corrected chi connectivity index (χ1v) is 9.16. The fourth-order valence-corrected chi connectivity index (χ4v) is 3.90. The Hall–Kier alpha value is -1.81. The summed E-state index contributed by atoms with van der Waals surface area (Å²) in [7, 11) is 0. The third kappa shape index (κ3) is 3.07. The molecule has 4 heteroatoms. The van der Waals surface area contributed by atoms with Gasteiger partial charge in [-0.15, -0.1) is 0 Å². The highest BCUT2D eigenvalue weighted by atomic mass is 16.3. The van der Waals surface area contributed by atoms with Crippen molar-refractivity contribution < 1.29 is 9.21 Å². The summed E-state index contributed by atoms with van der Waals surface area (Å²) in [5, 5.41) is 4.16. The minimum Gasteiger partial charge on any atom is -0.451 e. The van der Waals surface area contributed by atoms with Gasteiger partial charge in [0, 0.05) is 29.5 Å². The predicted molar refractivity (Wildman–Crippen MR) is 95.2 cm³/mol. The van der Waals surface area contributed by atoms with Gasteiger partial charge in [-0.25, -0.2) is 0 Å². The molecule has 1 saturated carbocycles. The molecule has 1 amide bonds. The maximum Gasteiger partial charge on any atom is 0.287 e. The summed E-state index contributed by atoms with van der Waals surface area (Å²) < 4.78 is 5.77. The SMILES string of the molecule is Cc1c(C(=O)NCC2(CN3CCCCC3)CC2)oc2ccccc12. The van der Waals surface area contributed by atoms with E-state index in [2.05, 4.69) is 10.2 Å². The van der Waals surface area contributed by atoms with E-state index in [1.54, 1.807) is 0 Å². The molecule has 0 unspecified atom stereocenters. The summed E-state index contributed by atoms with van der Waals surface area (Å²) in [4.78, 5) is 15.2. The van der Waals surface area contributed by atoms with Crippen molar-refractivity contribution >= 4 is 16.9 Å². The molecular weight excluding hydrogens is 300 g/mol. The zero-order valence-corrected chi connectivity index (χ0v) is 14.4. The molecule has 0 bridgehead atoms. The zero-order valence-electron chi connectivity index (χ0n) is 14.4. The topological polar surface area (TPSA) is 45.5 Å². The van der Waals surface area contributed by atoms with Gasteiger partial charge in [-0.3, -0.25) is 4.79 Å². The first kappa shape index (κ1) is 15.7. The number of fused-ring (bicyclic) bond motifs is 1. The number of nitrogens with zero attached hydrogens (tertiary/aromatic N) is 1. The van der Waals surface area contributed by atoms with E-state index in [-0.39, 0.29) is 5.91 Å². The highest BCUT2D eigenvalue weighted by Crippen LogP contribution is 2.46. The fourth-order valence-electron chi connectivity index (χ4n) is 3.90. The van der Waals surface area contributed by atoms with Crippen molar-refractivity contribution in [2.45, 2.75) is 39.0 Å². The van der Waals surface area contributed by atoms with Crippen molar-refractivity contribution in [3.63, 3.8) is 0 Å². The molecule has 2 heterocycles. The Morgan fingerprint density at radius 1 is 1.21 bits per heavy atom. The second kappa shape index (κ2) is 6.25. The third-order valence-corrected chi connectivity index (χ3v) is 5.64. The molecule has 2 fully saturated rings. The number of hydrogen-bond acceptors (Lipinski definition) is 3. The van der Waals surface area contributed by atoms with Gasteiger partial charge in [0.2, 0.25) is 0 Å². The van der Waals surface area contributed by atoms with Crippen molar-refractivity contribution in [1.82, 2.24) is 10.2 Å². The van der Waals surface area contributed by atoms with Crippen LogP contribution in [0.2, 0.25) is 0 Å². The number of likely N-dealkylation sites (tertiary alicyclic amines) is 1. The van der Waals surface area contributed by atoms with Gasteiger partial charge in [0.1, 0.15) is 5.58 Å². The van der Waals surface area contributed by atoms with E-state index in [0.717, 1.165) is 29.6 Å². The van der Waals surface area contributed by atoms with Gasteiger partial charge in [-0.1, -0.05) is 24.6 Å². The standard InChI is InChI=1S/C20H26N2O2/c1-15-16-7-3-4-8-17(16)24-18(15)19(23)21-13-20(9-10-20)14-22-11-5-2-6-12-22/h3-4,7-8H,2,5-6,9-14H2,1H3,(H,21,23). The van der Waals surface area contributed by atoms with E-state index in [9.17, 15) is 4.79 Å². The smallest absolute Gasteiger partial charge is 0.287 e. The summed E-state index contributed by atoms with van der Waals surface area (Å²) in [5.74, 6) is 0.388. The molecule has 24 heavy (non-hydrogen) atoms. The minimum atomic E-state index is -0.0754. The average Bonchev–Trinajstić information content (AvgIpc) is 3.29. The van der Waals surface area contributed by atoms with Gasteiger partial charge in [-0.05, 0) is 51.8 Å². The number of carbonyl (C=O) groups excluding carboxylic acids is 1. The number of furan rings is 1. The second-order valence-electron chi connectivity index (χ2n) is 7.57. The molecule has 0 atom stereocenters. The van der Waals surface area contributed by atoms with Gasteiger partial charge in [0.25, 0.3) is 5.91 Å². The highest BCUT2D eigenvalue weighted by Gasteiger charge is 2.44. The molecular formula is C20H26N2O2. The molecule has 1 aliphatic carbocycles. The van der Waals surface area contributed by atoms with Crippen LogP contribution < -0.4 is 5.32 Å². The van der Waals surface area contributed by atoms with E-state index in [4.69, 9.17) is 4.42 Å². The van der Waals surface area contributed by atoms with Gasteiger partial charge in [0.05, 0.1) is 0 Å². The number of rotatable bonds is 5. The number of amides is 1. The highest BCUT2D eigenvalue weighted by molar-refractivity contribution is 5.98. The van der Waals surface area contributed by atoms with Gasteiger partial charge in [0.15, 0.2) is 5.76 Å². The lowest BCUT2D eigenvalue weighted by Crippen LogP contribution is -2.40. The van der Waals surface area contributed by atoms with Gasteiger partial charge < -0.3 is 14.6 Å². The fraction of sp³-hybridized carbons (Fsp3) is 0.550. The first-order valence-electron chi connectivity index (χ1n) is 9.16. The zero-order chi connectivity index (χ0) is 16.6. The Kier molecular flexibility index (Phi) is 4.09. The molecule has 2 aliphatic rings. The molecule has 4 rings (SSSR count). The Balaban J connectivity index is 1.39. The van der Waals surface area contributed by atoms with E-state index >= 15 is 0 Å². The quantitative estimate of drug-likeness (QED) is 0.910. The largest absolute Gasteiger partial charge is 0.451 e. The number of benzene rings is 1. The van der Waals surface area contributed by atoms with E-state index in [1.807, 2.05) is 31.2 Å². The van der Waals surface area contributed by atoms with E-state index in [1.165, 1.54) is 45.2 Å². The molecule has 2 aromatic rings. The van der Waals surface area contributed by atoms with Crippen LogP contribution in [0.1, 0.15) is 48.2 Å². The molecule has 0 spiro atoms. The summed E-state index contributed by atoms with van der Waals surface area (Å²) in [6, 6.07) is 7.83. The molecule has 1 N–H and O–H groups in total. The molecule has 128 valence electrons. The number of aryl methyl sites for hydroxylation is 1. The van der Waals surface area contributed by atoms with Crippen LogP contribution in [0, 0.1) is 12.3 Å². The Labute approximate surface area is 143 Å². The van der Waals surface area contributed by atoms with Crippen LogP contribution in [-0.4, -0.2) is 37.0 Å². The number of hydrogen-bond donors (Lipinski definition) is 1. The van der Waals surface area contributed by atoms with Crippen LogP contribution >= 0.6 is 0 Å². The molecule has 1 aromatic heterocycles. The van der Waals surface area contributed by atoms with Crippen molar-refractivity contribution in [3.8, 4) is 0 Å². The van der Waals surface area contributed by atoms with Crippen LogP contribution in [0.25, 0.3) is 11.0 Å². The van der Waals surface area contributed by atoms with Crippen molar-refractivity contribution in [1.29, 1.82) is 0 Å². The monoisotopic (exact) mass is 326 g/mol. The van der Waals surface area contributed by atoms with Gasteiger partial charge >= 0.3 is 0 Å². The van der Waals surface area contributed by atoms with Crippen LogP contribution in [0.4, 0.5) is 0 Å². The summed E-state index contributed by atoms with van der Waals surface area (Å²) >= 11 is 0. The van der Waals surface area contributed by atoms with Gasteiger partial charge in [-0.2, -0.15) is 0 Å². The van der Waals surface area contributed by atoms with Crippen LogP contribution in [-0.2, 0) is 0 Å². The Morgan fingerprint density at radius 3 is 2.67 bits per heavy atom. The van der Waals surface area contributed by atoms with E-state index < -0.39 is 0 Å². The van der Waals surface area contributed by atoms with Crippen molar-refractivity contribution in [2.24, 2.45) is 5.41 Å². The number of piperidine rings is 1. The maximum absolute atomic E-state index is 12.6. The van der Waals surface area contributed by atoms with Crippen molar-refractivity contribution in [2.75, 3.05) is 26.2 Å². The lowest BCUT2D eigenvalue weighted by molar-refractivity contribution is 0.0909. The normalized spacial score (nSPS) is 20.2. The van der Waals surface area contributed by atoms with Crippen molar-refractivity contribution in [3.05, 3.63) is 35.6 Å². The number of nitrogens with one attached hydrogen (secondary N) is 1. The maximum atomic E-state index is 12.6. The van der Waals surface area contributed by atoms with E-state index in [0.29, 0.717) is 11.2 Å². The summed E-state index contributed by atoms with van der Waals surface area (Å²) in [6.07, 6.45) is 6.46. The lowest BCUT2D eigenvalue weighted by Gasteiger charge is -2.30. The second-order valence-corrected chi connectivity index (χ2v) is 7.57. The third-order valence-electron chi connectivity index (χ3n) is 5.64. The number of para-hydroxylation sites is 1. The molecule has 1 saturated heterocycles. The minimum absolute atomic E-state index is 0.0754. The molecule has 0 radical (unpaired) electrons. The summed E-state index contributed by atoms with van der Waals surface area (Å²) in [5.41, 5.74) is 2.02. The lowest BCUT2D eigenvalue weighted by atomic mass is 10.0. The Bertz CT molecular complexity index is 739. The number of carbonyl (C=O) groups is 1. The Morgan fingerprint density at radius 2 is 1.96 bits per heavy atom. The van der Waals surface area contributed by atoms with Crippen LogP contribution in [0.3, 0.4) is 0 Å². The first-order chi connectivity index (χ1) is 11.7. The molecule has 1 aromatic carbocycles. The van der Waals surface area contributed by atoms with Crippen LogP contribution in [0.15, 0.2) is 28.7 Å². The van der Waals surface area contributed by atoms with Crippen LogP contribution in [0.5, 0.6) is 0 Å². The molecule has 1 aliphatic heterocycles.